The van der Waals surface area contributed by atoms with Gasteiger partial charge in [-0.3, -0.25) is 9.59 Å². The third-order valence-electron chi connectivity index (χ3n) is 4.91. The summed E-state index contributed by atoms with van der Waals surface area (Å²) in [4.78, 5) is 26.1. The lowest BCUT2D eigenvalue weighted by atomic mass is 9.87. The molecule has 3 rings (SSSR count). The molecule has 0 aliphatic heterocycles. The second-order valence-corrected chi connectivity index (χ2v) is 7.89. The Morgan fingerprint density at radius 2 is 1.79 bits per heavy atom. The Balaban J connectivity index is 1.97. The summed E-state index contributed by atoms with van der Waals surface area (Å²) < 4.78 is 15.9. The van der Waals surface area contributed by atoms with E-state index in [1.165, 1.54) is 32.7 Å². The Hall–Kier alpha value is -2.74. The van der Waals surface area contributed by atoms with Gasteiger partial charge in [-0.1, -0.05) is 6.92 Å². The van der Waals surface area contributed by atoms with E-state index < -0.39 is 5.91 Å². The number of primary amides is 1. The van der Waals surface area contributed by atoms with E-state index >= 15 is 0 Å². The van der Waals surface area contributed by atoms with E-state index in [1.54, 1.807) is 12.1 Å². The van der Waals surface area contributed by atoms with Gasteiger partial charge in [0.05, 0.1) is 26.9 Å². The maximum Gasteiger partial charge on any atom is 0.256 e. The van der Waals surface area contributed by atoms with E-state index in [9.17, 15) is 9.59 Å². The van der Waals surface area contributed by atoms with Gasteiger partial charge in [-0.15, -0.1) is 11.3 Å². The van der Waals surface area contributed by atoms with E-state index in [0.29, 0.717) is 39.3 Å². The molecular formula is C20H24N2O5S. The maximum atomic E-state index is 12.9. The molecular weight excluding hydrogens is 380 g/mol. The first kappa shape index (κ1) is 20.0. The maximum absolute atomic E-state index is 12.9. The molecule has 0 bridgehead atoms. The molecule has 0 unspecified atom stereocenters. The summed E-state index contributed by atoms with van der Waals surface area (Å²) in [5.74, 6) is 0.738. The van der Waals surface area contributed by atoms with Crippen LogP contribution in [0.1, 0.15) is 44.5 Å². The number of hydrogen-bond donors (Lipinski definition) is 2. The highest BCUT2D eigenvalue weighted by Gasteiger charge is 2.28. The summed E-state index contributed by atoms with van der Waals surface area (Å²) >= 11 is 1.42. The van der Waals surface area contributed by atoms with Crippen LogP contribution in [0.5, 0.6) is 17.2 Å². The minimum absolute atomic E-state index is 0.324. The molecule has 1 aromatic heterocycles. The van der Waals surface area contributed by atoms with E-state index in [2.05, 4.69) is 12.2 Å². The normalized spacial score (nSPS) is 15.5. The summed E-state index contributed by atoms with van der Waals surface area (Å²) in [6.45, 7) is 2.15. The molecule has 150 valence electrons. The fourth-order valence-corrected chi connectivity index (χ4v) is 4.74. The molecule has 0 saturated heterocycles. The number of rotatable bonds is 6. The molecule has 3 N–H and O–H groups in total. The van der Waals surface area contributed by atoms with Crippen molar-refractivity contribution < 1.29 is 23.8 Å². The van der Waals surface area contributed by atoms with Gasteiger partial charge in [-0.2, -0.15) is 0 Å². The Kier molecular flexibility index (Phi) is 5.79. The zero-order chi connectivity index (χ0) is 20.4. The second kappa shape index (κ2) is 8.10. The van der Waals surface area contributed by atoms with E-state index in [0.717, 1.165) is 29.7 Å². The number of ether oxygens (including phenoxy) is 3. The summed E-state index contributed by atoms with van der Waals surface area (Å²) in [7, 11) is 4.47. The number of hydrogen-bond acceptors (Lipinski definition) is 6. The lowest BCUT2D eigenvalue weighted by molar-refractivity contribution is 0.1000. The molecule has 7 nitrogen and oxygen atoms in total. The second-order valence-electron chi connectivity index (χ2n) is 6.79. The number of methoxy groups -OCH3 is 3. The first-order chi connectivity index (χ1) is 13.4. The molecule has 1 heterocycles. The van der Waals surface area contributed by atoms with E-state index in [4.69, 9.17) is 19.9 Å². The average molecular weight is 404 g/mol. The lowest BCUT2D eigenvalue weighted by Gasteiger charge is -2.18. The summed E-state index contributed by atoms with van der Waals surface area (Å²) in [5.41, 5.74) is 7.35. The summed E-state index contributed by atoms with van der Waals surface area (Å²) in [6.07, 6.45) is 2.75. The SMILES string of the molecule is COc1cc(C(=O)Nc2sc3c(c2C(N)=O)C[C@@H](C)CC3)cc(OC)c1OC. The minimum Gasteiger partial charge on any atom is -0.493 e. The van der Waals surface area contributed by atoms with Crippen LogP contribution in [-0.4, -0.2) is 33.1 Å². The number of anilines is 1. The smallest absolute Gasteiger partial charge is 0.256 e. The van der Waals surface area contributed by atoms with Crippen molar-refractivity contribution in [1.29, 1.82) is 0 Å². The van der Waals surface area contributed by atoms with Crippen molar-refractivity contribution in [1.82, 2.24) is 0 Å². The van der Waals surface area contributed by atoms with Crippen molar-refractivity contribution in [2.24, 2.45) is 11.7 Å². The topological polar surface area (TPSA) is 99.9 Å². The largest absolute Gasteiger partial charge is 0.493 e. The summed E-state index contributed by atoms with van der Waals surface area (Å²) in [6, 6.07) is 3.13. The molecule has 28 heavy (non-hydrogen) atoms. The van der Waals surface area contributed by atoms with Crippen LogP contribution in [0, 0.1) is 5.92 Å². The molecule has 2 aromatic rings. The van der Waals surface area contributed by atoms with Crippen molar-refractivity contribution >= 4 is 28.2 Å². The van der Waals surface area contributed by atoms with Crippen molar-refractivity contribution in [3.05, 3.63) is 33.7 Å². The van der Waals surface area contributed by atoms with Gasteiger partial charge in [0, 0.05) is 10.4 Å². The highest BCUT2D eigenvalue weighted by Crippen LogP contribution is 2.41. The van der Waals surface area contributed by atoms with Gasteiger partial charge >= 0.3 is 0 Å². The standard InChI is InChI=1S/C20H24N2O5S/c1-10-5-6-15-12(7-10)16(18(21)23)20(28-15)22-19(24)11-8-13(25-2)17(27-4)14(9-11)26-3/h8-10H,5-7H2,1-4H3,(H2,21,23)(H,22,24)/t10-/m0/s1. The number of nitrogens with one attached hydrogen (secondary N) is 1. The molecule has 0 radical (unpaired) electrons. The average Bonchev–Trinajstić information content (AvgIpc) is 3.03. The van der Waals surface area contributed by atoms with Crippen LogP contribution >= 0.6 is 11.3 Å². The number of carbonyl (C=O) groups is 2. The first-order valence-corrected chi connectivity index (χ1v) is 9.76. The van der Waals surface area contributed by atoms with Gasteiger partial charge < -0.3 is 25.3 Å². The van der Waals surface area contributed by atoms with Gasteiger partial charge in [-0.25, -0.2) is 0 Å². The number of thiophene rings is 1. The lowest BCUT2D eigenvalue weighted by Crippen LogP contribution is -2.20. The number of amides is 2. The minimum atomic E-state index is -0.521. The van der Waals surface area contributed by atoms with Crippen LogP contribution in [0.3, 0.4) is 0 Å². The van der Waals surface area contributed by atoms with Crippen LogP contribution in [-0.2, 0) is 12.8 Å². The number of aryl methyl sites for hydroxylation is 1. The van der Waals surface area contributed by atoms with Crippen LogP contribution in [0.2, 0.25) is 0 Å². The molecule has 0 fully saturated rings. The van der Waals surface area contributed by atoms with Crippen LogP contribution in [0.4, 0.5) is 5.00 Å². The predicted octanol–water partition coefficient (Wildman–Crippen LogP) is 3.25. The number of benzene rings is 1. The van der Waals surface area contributed by atoms with Gasteiger partial charge in [-0.05, 0) is 42.9 Å². The molecule has 1 aliphatic carbocycles. The quantitative estimate of drug-likeness (QED) is 0.770. The van der Waals surface area contributed by atoms with Crippen molar-refractivity contribution in [3.8, 4) is 17.2 Å². The summed E-state index contributed by atoms with van der Waals surface area (Å²) in [5, 5.41) is 3.34. The zero-order valence-corrected chi connectivity index (χ0v) is 17.2. The Morgan fingerprint density at radius 3 is 2.32 bits per heavy atom. The predicted molar refractivity (Wildman–Crippen MR) is 108 cm³/mol. The Labute approximate surface area is 167 Å². The van der Waals surface area contributed by atoms with Crippen LogP contribution in [0.15, 0.2) is 12.1 Å². The first-order valence-electron chi connectivity index (χ1n) is 8.95. The van der Waals surface area contributed by atoms with Crippen molar-refractivity contribution in [2.75, 3.05) is 26.6 Å². The third kappa shape index (κ3) is 3.64. The zero-order valence-electron chi connectivity index (χ0n) is 16.4. The highest BCUT2D eigenvalue weighted by molar-refractivity contribution is 7.17. The Morgan fingerprint density at radius 1 is 1.14 bits per heavy atom. The number of fused-ring (bicyclic) bond motifs is 1. The fraction of sp³-hybridized carbons (Fsp3) is 0.400. The molecule has 0 saturated carbocycles. The van der Waals surface area contributed by atoms with E-state index in [-0.39, 0.29) is 5.91 Å². The van der Waals surface area contributed by atoms with Gasteiger partial charge in [0.1, 0.15) is 5.00 Å². The van der Waals surface area contributed by atoms with Crippen LogP contribution < -0.4 is 25.3 Å². The third-order valence-corrected chi connectivity index (χ3v) is 6.12. The van der Waals surface area contributed by atoms with Crippen LogP contribution in [0.25, 0.3) is 0 Å². The molecule has 1 atom stereocenters. The molecule has 1 aliphatic rings. The van der Waals surface area contributed by atoms with Crippen molar-refractivity contribution in [2.45, 2.75) is 26.2 Å². The number of nitrogens with two attached hydrogens (primary N) is 1. The Bertz CT molecular complexity index is 897. The fourth-order valence-electron chi connectivity index (χ4n) is 3.49. The molecule has 2 amide bonds. The van der Waals surface area contributed by atoms with Gasteiger partial charge in [0.2, 0.25) is 5.75 Å². The number of carbonyl (C=O) groups excluding carboxylic acids is 2. The van der Waals surface area contributed by atoms with Gasteiger partial charge in [0.15, 0.2) is 11.5 Å². The monoisotopic (exact) mass is 404 g/mol. The highest BCUT2D eigenvalue weighted by atomic mass is 32.1. The van der Waals surface area contributed by atoms with Crippen molar-refractivity contribution in [3.63, 3.8) is 0 Å². The molecule has 0 spiro atoms. The van der Waals surface area contributed by atoms with E-state index in [1.807, 2.05) is 0 Å². The molecule has 1 aromatic carbocycles. The van der Waals surface area contributed by atoms with Gasteiger partial charge in [0.25, 0.3) is 11.8 Å². The molecule has 8 heteroatoms.